The first kappa shape index (κ1) is 26.4. The zero-order chi connectivity index (χ0) is 26.5. The Kier molecular flexibility index (Phi) is 7.15. The lowest BCUT2D eigenvalue weighted by Gasteiger charge is -2.36. The zero-order valence-electron chi connectivity index (χ0n) is 22.8. The summed E-state index contributed by atoms with van der Waals surface area (Å²) >= 11 is 0. The summed E-state index contributed by atoms with van der Waals surface area (Å²) in [5, 5.41) is 13.3. The van der Waals surface area contributed by atoms with Crippen molar-refractivity contribution < 1.29 is 33.5 Å². The largest absolute Gasteiger partial charge is 0.460 e. The molecule has 2 N–H and O–H groups in total. The molecule has 4 saturated heterocycles. The molecule has 5 aliphatic rings. The minimum atomic E-state index is -0.779. The van der Waals surface area contributed by atoms with E-state index in [9.17, 15) is 5.11 Å². The number of hydrogen-bond donors (Lipinski definition) is 2. The van der Waals surface area contributed by atoms with Gasteiger partial charge in [0.2, 0.25) is 11.9 Å². The molecule has 6 rings (SSSR count). The van der Waals surface area contributed by atoms with Crippen LogP contribution in [-0.4, -0.2) is 94.2 Å². The van der Waals surface area contributed by atoms with Crippen molar-refractivity contribution in [3.8, 4) is 6.01 Å². The summed E-state index contributed by atoms with van der Waals surface area (Å²) in [6.07, 6.45) is 4.32. The molecule has 12 nitrogen and oxygen atoms in total. The number of ether oxygens (including phenoxy) is 6. The summed E-state index contributed by atoms with van der Waals surface area (Å²) in [7, 11) is 0. The Morgan fingerprint density at radius 1 is 0.868 bits per heavy atom. The van der Waals surface area contributed by atoms with E-state index in [1.807, 2.05) is 27.7 Å². The predicted molar refractivity (Wildman–Crippen MR) is 136 cm³/mol. The van der Waals surface area contributed by atoms with Gasteiger partial charge in [0.05, 0.1) is 6.10 Å². The SMILES string of the molecule is CC1(C)O[C@H]2[C@@H](O1)[C@@H](COc1nc(NC3CCC(O)CC3)nc(N3CCCCC3)n1)O[C@@H]1OC(C)(C)O[C@@H]12. The molecule has 1 aromatic rings. The molecule has 12 heteroatoms. The second-order valence-corrected chi connectivity index (χ2v) is 12.0. The molecular formula is C26H41N5O7. The van der Waals surface area contributed by atoms with Crippen molar-refractivity contribution in [2.75, 3.05) is 29.9 Å². The molecule has 5 heterocycles. The summed E-state index contributed by atoms with van der Waals surface area (Å²) in [5.41, 5.74) is 0. The van der Waals surface area contributed by atoms with E-state index in [0.717, 1.165) is 51.6 Å². The van der Waals surface area contributed by atoms with E-state index >= 15 is 0 Å². The molecule has 5 fully saturated rings. The number of fused-ring (bicyclic) bond motifs is 3. The molecule has 0 unspecified atom stereocenters. The van der Waals surface area contributed by atoms with Crippen molar-refractivity contribution in [2.45, 2.75) is 127 Å². The normalized spacial score (nSPS) is 37.9. The Bertz CT molecular complexity index is 983. The number of hydrogen-bond acceptors (Lipinski definition) is 12. The number of aliphatic hydroxyl groups excluding tert-OH is 1. The van der Waals surface area contributed by atoms with Crippen LogP contribution >= 0.6 is 0 Å². The minimum absolute atomic E-state index is 0.159. The van der Waals surface area contributed by atoms with Crippen LogP contribution in [0.4, 0.5) is 11.9 Å². The van der Waals surface area contributed by atoms with Crippen molar-refractivity contribution in [3.05, 3.63) is 0 Å². The Hall–Kier alpha value is -1.83. The Labute approximate surface area is 223 Å². The molecule has 5 atom stereocenters. The van der Waals surface area contributed by atoms with Gasteiger partial charge in [-0.1, -0.05) is 0 Å². The van der Waals surface area contributed by atoms with Crippen molar-refractivity contribution in [2.24, 2.45) is 0 Å². The van der Waals surface area contributed by atoms with Gasteiger partial charge in [-0.3, -0.25) is 0 Å². The molecular weight excluding hydrogens is 494 g/mol. The molecule has 212 valence electrons. The van der Waals surface area contributed by atoms with Crippen LogP contribution in [0.1, 0.15) is 72.6 Å². The van der Waals surface area contributed by atoms with Crippen molar-refractivity contribution >= 4 is 11.9 Å². The lowest BCUT2D eigenvalue weighted by molar-refractivity contribution is -0.238. The highest BCUT2D eigenvalue weighted by Gasteiger charge is 2.60. The predicted octanol–water partition coefficient (Wildman–Crippen LogP) is 2.35. The third-order valence-electron chi connectivity index (χ3n) is 7.90. The van der Waals surface area contributed by atoms with Gasteiger partial charge in [-0.25, -0.2) is 0 Å². The van der Waals surface area contributed by atoms with Crippen LogP contribution in [0.25, 0.3) is 0 Å². The first-order valence-corrected chi connectivity index (χ1v) is 14.1. The lowest BCUT2D eigenvalue weighted by atomic mass is 9.93. The molecule has 0 spiro atoms. The van der Waals surface area contributed by atoms with Gasteiger partial charge >= 0.3 is 6.01 Å². The van der Waals surface area contributed by atoms with Crippen molar-refractivity contribution in [1.82, 2.24) is 15.0 Å². The molecule has 0 bridgehead atoms. The lowest BCUT2D eigenvalue weighted by Crippen LogP contribution is -2.56. The fraction of sp³-hybridized carbons (Fsp3) is 0.885. The summed E-state index contributed by atoms with van der Waals surface area (Å²) in [5.74, 6) is -0.443. The minimum Gasteiger partial charge on any atom is -0.460 e. The molecule has 0 amide bonds. The standard InChI is InChI=1S/C26H41N5O7/c1-25(2)35-18-17(34-21-20(19(18)36-25)37-26(3,4)38-21)14-33-24-29-22(27-15-8-10-16(32)11-9-15)28-23(30-24)31-12-6-5-7-13-31/h15-21,32H,5-14H2,1-4H3,(H,27,28,29,30)/t15?,16?,17-,18+,19+,20-,21-/m1/s1. The quantitative estimate of drug-likeness (QED) is 0.555. The van der Waals surface area contributed by atoms with Crippen molar-refractivity contribution in [3.63, 3.8) is 0 Å². The Morgan fingerprint density at radius 3 is 2.32 bits per heavy atom. The van der Waals surface area contributed by atoms with E-state index < -0.39 is 30.1 Å². The van der Waals surface area contributed by atoms with Gasteiger partial charge in [-0.15, -0.1) is 0 Å². The topological polar surface area (TPSA) is 130 Å². The van der Waals surface area contributed by atoms with Gasteiger partial charge < -0.3 is 43.7 Å². The third-order valence-corrected chi connectivity index (χ3v) is 7.90. The fourth-order valence-electron chi connectivity index (χ4n) is 6.10. The highest BCUT2D eigenvalue weighted by molar-refractivity contribution is 5.39. The molecule has 4 aliphatic heterocycles. The molecule has 1 aromatic heterocycles. The van der Waals surface area contributed by atoms with Crippen LogP contribution in [0.5, 0.6) is 6.01 Å². The van der Waals surface area contributed by atoms with Crippen LogP contribution in [-0.2, 0) is 23.7 Å². The van der Waals surface area contributed by atoms with Gasteiger partial charge in [0.25, 0.3) is 0 Å². The number of aromatic nitrogens is 3. The average molecular weight is 536 g/mol. The van der Waals surface area contributed by atoms with E-state index in [4.69, 9.17) is 33.4 Å². The van der Waals surface area contributed by atoms with E-state index in [1.54, 1.807) is 0 Å². The van der Waals surface area contributed by atoms with Crippen LogP contribution in [0.2, 0.25) is 0 Å². The van der Waals surface area contributed by atoms with Gasteiger partial charge in [-0.05, 0) is 72.6 Å². The summed E-state index contributed by atoms with van der Waals surface area (Å²) < 4.78 is 37.0. The maximum absolute atomic E-state index is 9.88. The Morgan fingerprint density at radius 2 is 1.55 bits per heavy atom. The van der Waals surface area contributed by atoms with E-state index in [0.29, 0.717) is 11.9 Å². The van der Waals surface area contributed by atoms with Gasteiger partial charge in [-0.2, -0.15) is 15.0 Å². The van der Waals surface area contributed by atoms with E-state index in [2.05, 4.69) is 20.2 Å². The Balaban J connectivity index is 1.19. The molecule has 0 radical (unpaired) electrons. The van der Waals surface area contributed by atoms with Crippen LogP contribution in [0.15, 0.2) is 0 Å². The number of aliphatic hydroxyl groups is 1. The average Bonchev–Trinajstić information content (AvgIpc) is 3.38. The number of piperidine rings is 1. The number of nitrogens with zero attached hydrogens (tertiary/aromatic N) is 4. The number of rotatable bonds is 6. The number of anilines is 2. The molecule has 38 heavy (non-hydrogen) atoms. The monoisotopic (exact) mass is 535 g/mol. The smallest absolute Gasteiger partial charge is 0.323 e. The van der Waals surface area contributed by atoms with E-state index in [1.165, 1.54) is 6.42 Å². The third kappa shape index (κ3) is 5.71. The van der Waals surface area contributed by atoms with Crippen LogP contribution < -0.4 is 15.0 Å². The second-order valence-electron chi connectivity index (χ2n) is 12.0. The second kappa shape index (κ2) is 10.3. The van der Waals surface area contributed by atoms with Gasteiger partial charge in [0.15, 0.2) is 17.9 Å². The van der Waals surface area contributed by atoms with Crippen molar-refractivity contribution in [1.29, 1.82) is 0 Å². The maximum atomic E-state index is 9.88. The van der Waals surface area contributed by atoms with Crippen LogP contribution in [0.3, 0.4) is 0 Å². The number of nitrogens with one attached hydrogen (secondary N) is 1. The first-order chi connectivity index (χ1) is 18.1. The molecule has 1 aliphatic carbocycles. The summed E-state index contributed by atoms with van der Waals surface area (Å²) in [6.45, 7) is 9.48. The summed E-state index contributed by atoms with van der Waals surface area (Å²) in [6, 6.07) is 0.444. The fourth-order valence-corrected chi connectivity index (χ4v) is 6.10. The highest BCUT2D eigenvalue weighted by Crippen LogP contribution is 2.44. The van der Waals surface area contributed by atoms with Gasteiger partial charge in [0, 0.05) is 19.1 Å². The zero-order valence-corrected chi connectivity index (χ0v) is 22.8. The maximum Gasteiger partial charge on any atom is 0.323 e. The van der Waals surface area contributed by atoms with Gasteiger partial charge in [0.1, 0.15) is 31.0 Å². The molecule has 0 aromatic carbocycles. The highest BCUT2D eigenvalue weighted by atomic mass is 16.9. The summed E-state index contributed by atoms with van der Waals surface area (Å²) in [4.78, 5) is 16.2. The first-order valence-electron chi connectivity index (χ1n) is 14.1. The van der Waals surface area contributed by atoms with Crippen LogP contribution in [0, 0.1) is 0 Å². The van der Waals surface area contributed by atoms with E-state index in [-0.39, 0.29) is 37.0 Å². The molecule has 1 saturated carbocycles.